The van der Waals surface area contributed by atoms with E-state index >= 15 is 0 Å². The molecule has 3 rings (SSSR count). The molecular formula is C21H23IN4O2. The SMILES string of the molecule is COc1cccc(NC(N)=NCc2ccc(Cn3ccccc3=O)cc2)c1.I. The smallest absolute Gasteiger partial charge is 0.250 e. The van der Waals surface area contributed by atoms with Crippen LogP contribution in [0.2, 0.25) is 0 Å². The summed E-state index contributed by atoms with van der Waals surface area (Å²) < 4.78 is 6.85. The van der Waals surface area contributed by atoms with E-state index in [1.165, 1.54) is 0 Å². The van der Waals surface area contributed by atoms with Crippen molar-refractivity contribution in [3.63, 3.8) is 0 Å². The van der Waals surface area contributed by atoms with E-state index < -0.39 is 0 Å². The zero-order valence-electron chi connectivity index (χ0n) is 15.5. The van der Waals surface area contributed by atoms with Gasteiger partial charge in [0.1, 0.15) is 5.75 Å². The molecule has 1 heterocycles. The summed E-state index contributed by atoms with van der Waals surface area (Å²) in [5.41, 5.74) is 8.85. The predicted molar refractivity (Wildman–Crippen MR) is 124 cm³/mol. The second-order valence-corrected chi connectivity index (χ2v) is 6.04. The van der Waals surface area contributed by atoms with Crippen LogP contribution in [-0.4, -0.2) is 17.6 Å². The van der Waals surface area contributed by atoms with E-state index in [4.69, 9.17) is 10.5 Å². The monoisotopic (exact) mass is 490 g/mol. The lowest BCUT2D eigenvalue weighted by molar-refractivity contribution is 0.415. The number of aliphatic imine (C=N–C) groups is 1. The molecule has 0 saturated heterocycles. The van der Waals surface area contributed by atoms with Crippen molar-refractivity contribution in [2.24, 2.45) is 10.7 Å². The molecule has 0 atom stereocenters. The Bertz CT molecular complexity index is 984. The number of nitrogens with zero attached hydrogens (tertiary/aromatic N) is 2. The van der Waals surface area contributed by atoms with Gasteiger partial charge in [-0.15, -0.1) is 24.0 Å². The van der Waals surface area contributed by atoms with Gasteiger partial charge in [0.2, 0.25) is 0 Å². The molecule has 146 valence electrons. The highest BCUT2D eigenvalue weighted by Crippen LogP contribution is 2.16. The van der Waals surface area contributed by atoms with Crippen LogP contribution in [0.1, 0.15) is 11.1 Å². The number of rotatable bonds is 6. The number of methoxy groups -OCH3 is 1. The fraction of sp³-hybridized carbons (Fsp3) is 0.143. The molecule has 0 amide bonds. The van der Waals surface area contributed by atoms with Gasteiger partial charge in [0.25, 0.3) is 5.56 Å². The van der Waals surface area contributed by atoms with Crippen molar-refractivity contribution in [1.82, 2.24) is 4.57 Å². The number of benzene rings is 2. The van der Waals surface area contributed by atoms with Crippen LogP contribution in [0.5, 0.6) is 5.75 Å². The Morgan fingerprint density at radius 1 is 1.07 bits per heavy atom. The largest absolute Gasteiger partial charge is 0.497 e. The predicted octanol–water partition coefficient (Wildman–Crippen LogP) is 3.45. The Hall–Kier alpha value is -2.81. The molecule has 1 aromatic heterocycles. The Morgan fingerprint density at radius 2 is 1.82 bits per heavy atom. The number of hydrogen-bond donors (Lipinski definition) is 2. The van der Waals surface area contributed by atoms with Crippen LogP contribution in [0.4, 0.5) is 5.69 Å². The van der Waals surface area contributed by atoms with Crippen LogP contribution >= 0.6 is 24.0 Å². The van der Waals surface area contributed by atoms with Crippen LogP contribution < -0.4 is 21.3 Å². The molecule has 0 spiro atoms. The molecule has 0 aliphatic rings. The number of hydrogen-bond acceptors (Lipinski definition) is 3. The Morgan fingerprint density at radius 3 is 2.54 bits per heavy atom. The molecule has 0 fully saturated rings. The highest BCUT2D eigenvalue weighted by molar-refractivity contribution is 14.0. The van der Waals surface area contributed by atoms with Crippen molar-refractivity contribution < 1.29 is 4.74 Å². The molecule has 28 heavy (non-hydrogen) atoms. The van der Waals surface area contributed by atoms with E-state index in [1.54, 1.807) is 30.0 Å². The van der Waals surface area contributed by atoms with Gasteiger partial charge in [-0.3, -0.25) is 4.79 Å². The number of aromatic nitrogens is 1. The summed E-state index contributed by atoms with van der Waals surface area (Å²) >= 11 is 0. The third kappa shape index (κ3) is 6.12. The fourth-order valence-electron chi connectivity index (χ4n) is 2.60. The molecule has 0 saturated carbocycles. The van der Waals surface area contributed by atoms with Crippen molar-refractivity contribution in [1.29, 1.82) is 0 Å². The lowest BCUT2D eigenvalue weighted by Crippen LogP contribution is -2.22. The molecule has 0 aliphatic carbocycles. The maximum Gasteiger partial charge on any atom is 0.250 e. The molecule has 7 heteroatoms. The highest BCUT2D eigenvalue weighted by atomic mass is 127. The van der Waals surface area contributed by atoms with E-state index in [2.05, 4.69) is 10.3 Å². The van der Waals surface area contributed by atoms with Gasteiger partial charge in [-0.25, -0.2) is 4.99 Å². The molecule has 0 bridgehead atoms. The lowest BCUT2D eigenvalue weighted by atomic mass is 10.1. The van der Waals surface area contributed by atoms with Crippen LogP contribution in [0.15, 0.2) is 82.7 Å². The first-order valence-corrected chi connectivity index (χ1v) is 8.58. The summed E-state index contributed by atoms with van der Waals surface area (Å²) in [7, 11) is 1.62. The number of nitrogens with one attached hydrogen (secondary N) is 1. The number of guanidine groups is 1. The van der Waals surface area contributed by atoms with Gasteiger partial charge in [-0.1, -0.05) is 36.4 Å². The topological polar surface area (TPSA) is 81.6 Å². The Labute approximate surface area is 181 Å². The number of pyridine rings is 1. The first kappa shape index (κ1) is 21.5. The molecule has 0 radical (unpaired) electrons. The zero-order chi connectivity index (χ0) is 19.1. The summed E-state index contributed by atoms with van der Waals surface area (Å²) in [6.07, 6.45) is 1.78. The minimum Gasteiger partial charge on any atom is -0.497 e. The maximum atomic E-state index is 11.8. The van der Waals surface area contributed by atoms with E-state index in [0.29, 0.717) is 19.0 Å². The van der Waals surface area contributed by atoms with Gasteiger partial charge in [-0.05, 0) is 29.3 Å². The normalized spacial score (nSPS) is 10.8. The van der Waals surface area contributed by atoms with Crippen molar-refractivity contribution in [2.45, 2.75) is 13.1 Å². The van der Waals surface area contributed by atoms with Crippen molar-refractivity contribution >= 4 is 35.6 Å². The summed E-state index contributed by atoms with van der Waals surface area (Å²) in [5, 5.41) is 3.05. The molecule has 6 nitrogen and oxygen atoms in total. The van der Waals surface area contributed by atoms with Crippen molar-refractivity contribution in [3.8, 4) is 5.75 Å². The second kappa shape index (κ2) is 10.5. The van der Waals surface area contributed by atoms with Crippen LogP contribution in [0.3, 0.4) is 0 Å². The van der Waals surface area contributed by atoms with Gasteiger partial charge in [0.15, 0.2) is 5.96 Å². The van der Waals surface area contributed by atoms with Gasteiger partial charge in [0, 0.05) is 24.0 Å². The number of ether oxygens (including phenoxy) is 1. The third-order valence-electron chi connectivity index (χ3n) is 4.05. The number of nitrogens with two attached hydrogens (primary N) is 1. The average Bonchev–Trinajstić information content (AvgIpc) is 2.69. The highest BCUT2D eigenvalue weighted by Gasteiger charge is 2.00. The zero-order valence-corrected chi connectivity index (χ0v) is 17.9. The summed E-state index contributed by atoms with van der Waals surface area (Å²) in [4.78, 5) is 16.1. The summed E-state index contributed by atoms with van der Waals surface area (Å²) in [6, 6.07) is 20.6. The van der Waals surface area contributed by atoms with E-state index in [-0.39, 0.29) is 29.5 Å². The quantitative estimate of drug-likeness (QED) is 0.315. The van der Waals surface area contributed by atoms with Crippen LogP contribution in [0, 0.1) is 0 Å². The summed E-state index contributed by atoms with van der Waals surface area (Å²) in [6.45, 7) is 1.01. The molecule has 0 unspecified atom stereocenters. The number of halogens is 1. The molecule has 2 aromatic carbocycles. The minimum absolute atomic E-state index is 0. The van der Waals surface area contributed by atoms with Crippen molar-refractivity contribution in [2.75, 3.05) is 12.4 Å². The minimum atomic E-state index is -0.0115. The Balaban J connectivity index is 0.00000280. The molecular weight excluding hydrogens is 467 g/mol. The second-order valence-electron chi connectivity index (χ2n) is 6.04. The van der Waals surface area contributed by atoms with Crippen LogP contribution in [0.25, 0.3) is 0 Å². The van der Waals surface area contributed by atoms with Gasteiger partial charge in [-0.2, -0.15) is 0 Å². The molecule has 0 aliphatic heterocycles. The maximum absolute atomic E-state index is 11.8. The first-order valence-electron chi connectivity index (χ1n) is 8.58. The molecule has 3 N–H and O–H groups in total. The van der Waals surface area contributed by atoms with Crippen molar-refractivity contribution in [3.05, 3.63) is 94.4 Å². The molecule has 3 aromatic rings. The van der Waals surface area contributed by atoms with Gasteiger partial charge < -0.3 is 20.4 Å². The fourth-order valence-corrected chi connectivity index (χ4v) is 2.60. The Kier molecular flexibility index (Phi) is 8.06. The van der Waals surface area contributed by atoms with E-state index in [9.17, 15) is 4.79 Å². The van der Waals surface area contributed by atoms with E-state index in [1.807, 2.05) is 54.6 Å². The lowest BCUT2D eigenvalue weighted by Gasteiger charge is -2.08. The third-order valence-corrected chi connectivity index (χ3v) is 4.05. The summed E-state index contributed by atoms with van der Waals surface area (Å²) in [5.74, 6) is 1.09. The first-order chi connectivity index (χ1) is 13.1. The van der Waals surface area contributed by atoms with Crippen LogP contribution in [-0.2, 0) is 13.1 Å². The van der Waals surface area contributed by atoms with Gasteiger partial charge >= 0.3 is 0 Å². The van der Waals surface area contributed by atoms with E-state index in [0.717, 1.165) is 22.6 Å². The average molecular weight is 490 g/mol. The van der Waals surface area contributed by atoms with Gasteiger partial charge in [0.05, 0.1) is 20.2 Å². The standard InChI is InChI=1S/C21H22N4O2.HI/c1-27-19-6-4-5-18(13-19)24-21(22)23-14-16-8-10-17(11-9-16)15-25-12-3-2-7-20(25)26;/h2-13H,14-15H2,1H3,(H3,22,23,24);1H. The number of anilines is 1.